The summed E-state index contributed by atoms with van der Waals surface area (Å²) in [5, 5.41) is 14.1. The van der Waals surface area contributed by atoms with Crippen LogP contribution in [-0.4, -0.2) is 68.5 Å². The Hall–Kier alpha value is -1.80. The van der Waals surface area contributed by atoms with Crippen molar-refractivity contribution >= 4 is 13.7 Å². The average Bonchev–Trinajstić information content (AvgIpc) is 3.56. The fourth-order valence-electron chi connectivity index (χ4n) is 11.1. The van der Waals surface area contributed by atoms with Gasteiger partial charge in [-0.25, -0.2) is 0 Å². The maximum Gasteiger partial charge on any atom is 0.268 e. The lowest BCUT2D eigenvalue weighted by Crippen LogP contribution is -2.46. The van der Waals surface area contributed by atoms with E-state index in [9.17, 15) is 19.4 Å². The second-order valence-electron chi connectivity index (χ2n) is 26.3. The Kier molecular flexibility index (Phi) is 64.2. The van der Waals surface area contributed by atoms with Crippen molar-refractivity contribution in [1.82, 2.24) is 5.32 Å². The van der Waals surface area contributed by atoms with Crippen molar-refractivity contribution in [1.29, 1.82) is 0 Å². The first-order valence-corrected chi connectivity index (χ1v) is 38.1. The zero-order valence-electron chi connectivity index (χ0n) is 56.6. The maximum atomic E-state index is 13.1. The molecule has 0 spiro atoms. The van der Waals surface area contributed by atoms with Crippen LogP contribution in [0.25, 0.3) is 0 Å². The molecule has 1 amide bonds. The van der Waals surface area contributed by atoms with Crippen LogP contribution in [0.2, 0.25) is 0 Å². The Labute approximate surface area is 523 Å². The van der Waals surface area contributed by atoms with Gasteiger partial charge in [0.2, 0.25) is 5.91 Å². The van der Waals surface area contributed by atoms with Crippen LogP contribution < -0.4 is 10.2 Å². The van der Waals surface area contributed by atoms with E-state index < -0.39 is 20.0 Å². The molecule has 0 saturated heterocycles. The zero-order chi connectivity index (χ0) is 61.2. The third-order valence-corrected chi connectivity index (χ3v) is 17.7. The average molecular weight is 1200 g/mol. The van der Waals surface area contributed by atoms with E-state index in [4.69, 9.17) is 9.05 Å². The second kappa shape index (κ2) is 65.6. The number of allylic oxidation sites excluding steroid dienone is 10. The van der Waals surface area contributed by atoms with Gasteiger partial charge in [0.15, 0.2) is 0 Å². The van der Waals surface area contributed by atoms with Crippen LogP contribution in [0.15, 0.2) is 60.8 Å². The monoisotopic (exact) mass is 1200 g/mol. The summed E-state index contributed by atoms with van der Waals surface area (Å²) in [6, 6.07) is -0.801. The summed E-state index contributed by atoms with van der Waals surface area (Å²) < 4.78 is 23.6. The molecule has 0 aliphatic heterocycles. The number of phosphoric acid groups is 1. The highest BCUT2D eigenvalue weighted by Gasteiger charge is 2.24. The Balaban J connectivity index is 3.93. The van der Waals surface area contributed by atoms with Gasteiger partial charge in [-0.15, -0.1) is 0 Å². The molecule has 0 aliphatic rings. The molecule has 0 aromatic heterocycles. The van der Waals surface area contributed by atoms with Crippen LogP contribution in [0.3, 0.4) is 0 Å². The zero-order valence-corrected chi connectivity index (χ0v) is 57.5. The normalized spacial score (nSPS) is 13.9. The van der Waals surface area contributed by atoms with E-state index in [1.807, 2.05) is 21.1 Å². The number of likely N-dealkylation sites (N-methyl/N-ethyl adjacent to an activating group) is 1. The van der Waals surface area contributed by atoms with Crippen molar-refractivity contribution in [3.63, 3.8) is 0 Å². The van der Waals surface area contributed by atoms with Crippen molar-refractivity contribution in [2.24, 2.45) is 0 Å². The molecule has 9 heteroatoms. The molecule has 2 N–H and O–H groups in total. The molecule has 3 unspecified atom stereocenters. The fourth-order valence-corrected chi connectivity index (χ4v) is 11.9. The third kappa shape index (κ3) is 67.7. The predicted octanol–water partition coefficient (Wildman–Crippen LogP) is 22.9. The van der Waals surface area contributed by atoms with Gasteiger partial charge in [-0.05, 0) is 57.8 Å². The molecular formula is C75H143N2O6P. The molecule has 0 aliphatic carbocycles. The van der Waals surface area contributed by atoms with Gasteiger partial charge < -0.3 is 28.8 Å². The molecule has 84 heavy (non-hydrogen) atoms. The number of unbranched alkanes of at least 4 members (excludes halogenated alkanes) is 45. The van der Waals surface area contributed by atoms with Crippen molar-refractivity contribution in [3.8, 4) is 0 Å². The van der Waals surface area contributed by atoms with Crippen LogP contribution in [-0.2, 0) is 18.4 Å². The van der Waals surface area contributed by atoms with Crippen molar-refractivity contribution in [3.05, 3.63) is 60.8 Å². The SMILES string of the molecule is CC/C=C\C/C=C\C/C=C\C/C=C\C/C=C\CCCCCCCCCCCCCCCCCCCCCCCCCC(=O)NC(COP(=O)([O-])OCC[N+](C)(C)C)C(O)CCCCCCCCCCCCCCCCCCCCCCCCC. The lowest BCUT2D eigenvalue weighted by Gasteiger charge is -2.30. The van der Waals surface area contributed by atoms with Crippen molar-refractivity contribution < 1.29 is 32.9 Å². The van der Waals surface area contributed by atoms with E-state index in [2.05, 4.69) is 79.9 Å². The molecule has 0 aromatic rings. The van der Waals surface area contributed by atoms with Gasteiger partial charge in [-0.1, -0.05) is 357 Å². The summed E-state index contributed by atoms with van der Waals surface area (Å²) in [7, 11) is 1.32. The lowest BCUT2D eigenvalue weighted by atomic mass is 10.0. The topological polar surface area (TPSA) is 108 Å². The standard InChI is InChI=1S/C75H143N2O6P/c1-6-8-10-12-14-16-18-20-22-24-26-28-30-31-32-33-34-35-36-37-38-39-40-41-42-43-44-45-47-49-51-53-55-57-59-61-63-65-67-69-75(79)76-73(72-83-84(80,81)82-71-70-77(3,4)5)74(78)68-66-64-62-60-58-56-54-52-50-48-46-29-27-25-23-21-19-17-15-13-11-9-7-2/h8,10,14,16,20,22,26,28,31-32,73-74,78H,6-7,9,11-13,15,17-19,21,23-25,27,29-30,33-72H2,1-5H3,(H-,76,79,80,81)/b10-8-,16-14-,22-20-,28-26-,32-31-. The number of nitrogens with one attached hydrogen (secondary N) is 1. The van der Waals surface area contributed by atoms with Gasteiger partial charge >= 0.3 is 0 Å². The van der Waals surface area contributed by atoms with E-state index >= 15 is 0 Å². The Morgan fingerprint density at radius 1 is 0.429 bits per heavy atom. The highest BCUT2D eigenvalue weighted by molar-refractivity contribution is 7.45. The van der Waals surface area contributed by atoms with Gasteiger partial charge in [0.25, 0.3) is 7.82 Å². The number of aliphatic hydroxyl groups is 1. The molecule has 0 saturated carbocycles. The second-order valence-corrected chi connectivity index (χ2v) is 27.7. The van der Waals surface area contributed by atoms with Gasteiger partial charge in [-0.2, -0.15) is 0 Å². The first-order valence-electron chi connectivity index (χ1n) is 36.6. The van der Waals surface area contributed by atoms with Crippen molar-refractivity contribution in [2.75, 3.05) is 40.9 Å². The molecule has 8 nitrogen and oxygen atoms in total. The van der Waals surface area contributed by atoms with Crippen molar-refractivity contribution in [2.45, 2.75) is 373 Å². The molecule has 0 aromatic carbocycles. The van der Waals surface area contributed by atoms with Crippen LogP contribution in [0.4, 0.5) is 0 Å². The summed E-state index contributed by atoms with van der Waals surface area (Å²) in [5.74, 6) is -0.157. The van der Waals surface area contributed by atoms with Gasteiger partial charge in [-0.3, -0.25) is 9.36 Å². The number of nitrogens with zero attached hydrogens (tertiary/aromatic N) is 1. The minimum absolute atomic E-state index is 0.0139. The van der Waals surface area contributed by atoms with Gasteiger partial charge in [0, 0.05) is 6.42 Å². The minimum atomic E-state index is -4.58. The number of rotatable bonds is 68. The Morgan fingerprint density at radius 2 is 0.726 bits per heavy atom. The van der Waals surface area contributed by atoms with E-state index in [1.54, 1.807) is 0 Å². The van der Waals surface area contributed by atoms with Crippen LogP contribution >= 0.6 is 7.82 Å². The number of carbonyl (C=O) groups is 1. The van der Waals surface area contributed by atoms with Crippen LogP contribution in [0, 0.1) is 0 Å². The molecular weight excluding hydrogens is 1060 g/mol. The smallest absolute Gasteiger partial charge is 0.268 e. The molecule has 3 atom stereocenters. The molecule has 0 heterocycles. The number of hydrogen-bond donors (Lipinski definition) is 2. The van der Waals surface area contributed by atoms with E-state index in [0.717, 1.165) is 70.6 Å². The quantitative estimate of drug-likeness (QED) is 0.0272. The number of phosphoric ester groups is 1. The van der Waals surface area contributed by atoms with Gasteiger partial charge in [0.05, 0.1) is 39.9 Å². The molecule has 0 fully saturated rings. The first-order chi connectivity index (χ1) is 41.0. The summed E-state index contributed by atoms with van der Waals surface area (Å²) in [5.41, 5.74) is 0. The first kappa shape index (κ1) is 82.2. The van der Waals surface area contributed by atoms with Crippen LogP contribution in [0.5, 0.6) is 0 Å². The Morgan fingerprint density at radius 3 is 1.06 bits per heavy atom. The molecule has 0 radical (unpaired) electrons. The molecule has 494 valence electrons. The lowest BCUT2D eigenvalue weighted by molar-refractivity contribution is -0.870. The number of carbonyl (C=O) groups excluding carboxylic acids is 1. The molecule has 0 rings (SSSR count). The Bertz CT molecular complexity index is 1550. The predicted molar refractivity (Wildman–Crippen MR) is 367 cm³/mol. The van der Waals surface area contributed by atoms with E-state index in [1.165, 1.54) is 263 Å². The number of quaternary nitrogens is 1. The number of amides is 1. The number of hydrogen-bond acceptors (Lipinski definition) is 6. The molecule has 0 bridgehead atoms. The summed E-state index contributed by atoms with van der Waals surface area (Å²) in [6.07, 6.45) is 90.3. The highest BCUT2D eigenvalue weighted by Crippen LogP contribution is 2.38. The summed E-state index contributed by atoms with van der Waals surface area (Å²) >= 11 is 0. The third-order valence-electron chi connectivity index (χ3n) is 16.8. The maximum absolute atomic E-state index is 13.1. The summed E-state index contributed by atoms with van der Waals surface area (Å²) in [4.78, 5) is 25.7. The fraction of sp³-hybridized carbons (Fsp3) is 0.853. The minimum Gasteiger partial charge on any atom is -0.756 e. The van der Waals surface area contributed by atoms with Gasteiger partial charge in [0.1, 0.15) is 13.2 Å². The largest absolute Gasteiger partial charge is 0.756 e. The van der Waals surface area contributed by atoms with E-state index in [0.29, 0.717) is 23.9 Å². The van der Waals surface area contributed by atoms with Crippen LogP contribution in [0.1, 0.15) is 361 Å². The summed E-state index contributed by atoms with van der Waals surface area (Å²) in [6.45, 7) is 4.66. The van der Waals surface area contributed by atoms with E-state index in [-0.39, 0.29) is 19.1 Å². The number of aliphatic hydroxyl groups excluding tert-OH is 1. The highest BCUT2D eigenvalue weighted by atomic mass is 31.2.